The van der Waals surface area contributed by atoms with Crippen LogP contribution in [0.15, 0.2) is 47.4 Å². The Labute approximate surface area is 170 Å². The first-order valence-electron chi connectivity index (χ1n) is 10.5. The fourth-order valence-corrected chi connectivity index (χ4v) is 4.77. The molecule has 2 aromatic heterocycles. The van der Waals surface area contributed by atoms with Gasteiger partial charge in [-0.05, 0) is 80.6 Å². The van der Waals surface area contributed by atoms with Gasteiger partial charge in [0.05, 0.1) is 0 Å². The van der Waals surface area contributed by atoms with Crippen LogP contribution in [0.1, 0.15) is 35.4 Å². The second-order valence-electron chi connectivity index (χ2n) is 8.42. The number of H-pyrrole nitrogens is 1. The standard InChI is InChI=1S/C25H27N3O/c1-15-16(2)25(29)28(3)14-22(15)19-4-6-20-21-12-18(17-8-10-26-11-9-17)5-7-23(21)27-24(20)13-19/h4-7,12-14,17,26-27H,8-11H2,1-3H3. The summed E-state index contributed by atoms with van der Waals surface area (Å²) in [6.07, 6.45) is 4.37. The number of aromatic amines is 1. The van der Waals surface area contributed by atoms with Crippen LogP contribution >= 0.6 is 0 Å². The van der Waals surface area contributed by atoms with Gasteiger partial charge in [-0.1, -0.05) is 18.2 Å². The minimum Gasteiger partial charge on any atom is -0.354 e. The van der Waals surface area contributed by atoms with Crippen molar-refractivity contribution in [3.8, 4) is 11.1 Å². The lowest BCUT2D eigenvalue weighted by Crippen LogP contribution is -2.26. The van der Waals surface area contributed by atoms with Crippen LogP contribution in [-0.2, 0) is 7.05 Å². The third-order valence-corrected chi connectivity index (χ3v) is 6.67. The smallest absolute Gasteiger partial charge is 0.253 e. The highest BCUT2D eigenvalue weighted by atomic mass is 16.1. The van der Waals surface area contributed by atoms with Gasteiger partial charge in [0.15, 0.2) is 0 Å². The van der Waals surface area contributed by atoms with Gasteiger partial charge in [0.1, 0.15) is 0 Å². The van der Waals surface area contributed by atoms with Crippen LogP contribution in [0.25, 0.3) is 32.9 Å². The van der Waals surface area contributed by atoms with E-state index >= 15 is 0 Å². The van der Waals surface area contributed by atoms with Crippen molar-refractivity contribution in [1.82, 2.24) is 14.9 Å². The molecule has 0 amide bonds. The first-order valence-corrected chi connectivity index (χ1v) is 10.5. The zero-order chi connectivity index (χ0) is 20.1. The van der Waals surface area contributed by atoms with E-state index in [1.807, 2.05) is 27.1 Å². The zero-order valence-electron chi connectivity index (χ0n) is 17.3. The van der Waals surface area contributed by atoms with E-state index in [0.29, 0.717) is 5.92 Å². The summed E-state index contributed by atoms with van der Waals surface area (Å²) in [4.78, 5) is 15.8. The first-order chi connectivity index (χ1) is 14.0. The van der Waals surface area contributed by atoms with Crippen LogP contribution < -0.4 is 10.9 Å². The second kappa shape index (κ2) is 6.89. The third-order valence-electron chi connectivity index (χ3n) is 6.67. The van der Waals surface area contributed by atoms with Crippen LogP contribution in [0.5, 0.6) is 0 Å². The lowest BCUT2D eigenvalue weighted by molar-refractivity contribution is 0.460. The van der Waals surface area contributed by atoms with Gasteiger partial charge in [-0.25, -0.2) is 0 Å². The van der Waals surface area contributed by atoms with Crippen molar-refractivity contribution in [2.24, 2.45) is 7.05 Å². The van der Waals surface area contributed by atoms with Crippen LogP contribution in [0.4, 0.5) is 0 Å². The van der Waals surface area contributed by atoms with Gasteiger partial charge in [0, 0.05) is 46.2 Å². The number of fused-ring (bicyclic) bond motifs is 3. The Morgan fingerprint density at radius 1 is 0.931 bits per heavy atom. The molecule has 0 unspecified atom stereocenters. The highest BCUT2D eigenvalue weighted by molar-refractivity contribution is 6.08. The van der Waals surface area contributed by atoms with Crippen LogP contribution in [0.2, 0.25) is 0 Å². The van der Waals surface area contributed by atoms with Gasteiger partial charge in [0.2, 0.25) is 0 Å². The fourth-order valence-electron chi connectivity index (χ4n) is 4.77. The number of aryl methyl sites for hydroxylation is 1. The maximum Gasteiger partial charge on any atom is 0.253 e. The molecule has 1 aliphatic rings. The molecule has 1 saturated heterocycles. The molecule has 0 atom stereocenters. The van der Waals surface area contributed by atoms with Crippen molar-refractivity contribution >= 4 is 21.8 Å². The van der Waals surface area contributed by atoms with E-state index < -0.39 is 0 Å². The van der Waals surface area contributed by atoms with Crippen LogP contribution in [0.3, 0.4) is 0 Å². The number of aromatic nitrogens is 2. The topological polar surface area (TPSA) is 49.8 Å². The van der Waals surface area contributed by atoms with Gasteiger partial charge in [-0.15, -0.1) is 0 Å². The minimum absolute atomic E-state index is 0.0726. The maximum atomic E-state index is 12.2. The molecule has 0 radical (unpaired) electrons. The number of hydrogen-bond acceptors (Lipinski definition) is 2. The van der Waals surface area contributed by atoms with E-state index in [2.05, 4.69) is 46.7 Å². The molecular formula is C25H27N3O. The highest BCUT2D eigenvalue weighted by Gasteiger charge is 2.17. The van der Waals surface area contributed by atoms with Crippen molar-refractivity contribution in [2.45, 2.75) is 32.6 Å². The largest absolute Gasteiger partial charge is 0.354 e. The summed E-state index contributed by atoms with van der Waals surface area (Å²) in [6, 6.07) is 13.5. The predicted octanol–water partition coefficient (Wildman–Crippen LogP) is 4.77. The number of benzene rings is 2. The van der Waals surface area contributed by atoms with Crippen molar-refractivity contribution in [2.75, 3.05) is 13.1 Å². The van der Waals surface area contributed by atoms with E-state index in [9.17, 15) is 4.79 Å². The average Bonchev–Trinajstić information content (AvgIpc) is 3.12. The summed E-state index contributed by atoms with van der Waals surface area (Å²) >= 11 is 0. The molecule has 4 nitrogen and oxygen atoms in total. The Bertz CT molecular complexity index is 1290. The van der Waals surface area contributed by atoms with E-state index in [1.54, 1.807) is 4.57 Å². The number of rotatable bonds is 2. The van der Waals surface area contributed by atoms with Gasteiger partial charge < -0.3 is 14.9 Å². The summed E-state index contributed by atoms with van der Waals surface area (Å²) in [5, 5.41) is 6.02. The van der Waals surface area contributed by atoms with E-state index in [4.69, 9.17) is 0 Å². The summed E-state index contributed by atoms with van der Waals surface area (Å²) in [5.74, 6) is 0.654. The second-order valence-corrected chi connectivity index (χ2v) is 8.42. The van der Waals surface area contributed by atoms with Crippen molar-refractivity contribution < 1.29 is 0 Å². The Morgan fingerprint density at radius 3 is 2.52 bits per heavy atom. The number of hydrogen-bond donors (Lipinski definition) is 2. The van der Waals surface area contributed by atoms with E-state index in [0.717, 1.165) is 40.9 Å². The van der Waals surface area contributed by atoms with Gasteiger partial charge in [0.25, 0.3) is 5.56 Å². The molecular weight excluding hydrogens is 358 g/mol. The van der Waals surface area contributed by atoms with Crippen LogP contribution in [-0.4, -0.2) is 22.6 Å². The number of nitrogens with one attached hydrogen (secondary N) is 2. The lowest BCUT2D eigenvalue weighted by atomic mass is 9.89. The molecule has 5 rings (SSSR count). The SMILES string of the molecule is Cc1c(-c2ccc3c(c2)[nH]c2ccc(C4CCNCC4)cc23)cn(C)c(=O)c1C. The van der Waals surface area contributed by atoms with E-state index in [1.165, 1.54) is 34.7 Å². The van der Waals surface area contributed by atoms with Crippen molar-refractivity contribution in [3.05, 3.63) is 69.6 Å². The third kappa shape index (κ3) is 2.99. The summed E-state index contributed by atoms with van der Waals surface area (Å²) in [7, 11) is 1.82. The van der Waals surface area contributed by atoms with Crippen molar-refractivity contribution in [1.29, 1.82) is 0 Å². The van der Waals surface area contributed by atoms with E-state index in [-0.39, 0.29) is 5.56 Å². The zero-order valence-corrected chi connectivity index (χ0v) is 17.3. The Morgan fingerprint density at radius 2 is 1.72 bits per heavy atom. The van der Waals surface area contributed by atoms with Gasteiger partial charge in [-0.3, -0.25) is 4.79 Å². The molecule has 3 heterocycles. The molecule has 0 spiro atoms. The molecule has 2 aromatic carbocycles. The molecule has 0 bridgehead atoms. The summed E-state index contributed by atoms with van der Waals surface area (Å²) < 4.78 is 1.68. The molecule has 2 N–H and O–H groups in total. The molecule has 29 heavy (non-hydrogen) atoms. The number of pyridine rings is 1. The molecule has 0 saturated carbocycles. The fraction of sp³-hybridized carbons (Fsp3) is 0.320. The summed E-state index contributed by atoms with van der Waals surface area (Å²) in [6.45, 7) is 6.16. The van der Waals surface area contributed by atoms with Gasteiger partial charge >= 0.3 is 0 Å². The molecule has 1 aliphatic heterocycles. The predicted molar refractivity (Wildman–Crippen MR) is 121 cm³/mol. The molecule has 148 valence electrons. The molecule has 1 fully saturated rings. The minimum atomic E-state index is 0.0726. The molecule has 0 aliphatic carbocycles. The van der Waals surface area contributed by atoms with Gasteiger partial charge in [-0.2, -0.15) is 0 Å². The molecule has 4 aromatic rings. The number of piperidine rings is 1. The Hall–Kier alpha value is -2.85. The molecule has 4 heteroatoms. The Kier molecular flexibility index (Phi) is 4.32. The normalized spacial score (nSPS) is 15.4. The summed E-state index contributed by atoms with van der Waals surface area (Å²) in [5.41, 5.74) is 7.97. The maximum absolute atomic E-state index is 12.2. The van der Waals surface area contributed by atoms with Crippen molar-refractivity contribution in [3.63, 3.8) is 0 Å². The lowest BCUT2D eigenvalue weighted by Gasteiger charge is -2.23. The highest BCUT2D eigenvalue weighted by Crippen LogP contribution is 2.34. The number of nitrogens with zero attached hydrogens (tertiary/aromatic N) is 1. The quantitative estimate of drug-likeness (QED) is 0.522. The first kappa shape index (κ1) is 18.2. The average molecular weight is 386 g/mol. The Balaban J connectivity index is 1.63. The monoisotopic (exact) mass is 385 g/mol. The van der Waals surface area contributed by atoms with Crippen LogP contribution in [0, 0.1) is 13.8 Å².